The Balaban J connectivity index is 0.000000245. The van der Waals surface area contributed by atoms with Crippen molar-refractivity contribution in [2.24, 2.45) is 0 Å². The fourth-order valence-electron chi connectivity index (χ4n) is 1.19. The number of hydrogen-bond donors (Lipinski definition) is 3. The van der Waals surface area contributed by atoms with E-state index < -0.39 is 7.32 Å². The molecule has 2 rings (SSSR count). The Kier molecular flexibility index (Phi) is 4.78. The van der Waals surface area contributed by atoms with Crippen LogP contribution in [0.5, 0.6) is 0 Å². The second-order valence-electron chi connectivity index (χ2n) is 2.81. The van der Waals surface area contributed by atoms with Gasteiger partial charge >= 0.3 is 7.32 Å². The third kappa shape index (κ3) is 4.01. The number of halogens is 1. The lowest BCUT2D eigenvalue weighted by molar-refractivity contribution is 0.278. The Labute approximate surface area is 96.3 Å². The molecule has 0 aliphatic rings. The van der Waals surface area contributed by atoms with Gasteiger partial charge in [-0.2, -0.15) is 0 Å². The van der Waals surface area contributed by atoms with Gasteiger partial charge in [-0.05, 0) is 16.8 Å². The summed E-state index contributed by atoms with van der Waals surface area (Å²) in [6.07, 6.45) is 0. The highest BCUT2D eigenvalue weighted by Gasteiger charge is 1.93. The molecule has 2 aromatic carbocycles. The monoisotopic (exact) mass is 268 g/mol. The lowest BCUT2D eigenvalue weighted by atomic mass is 10.1. The lowest BCUT2D eigenvalue weighted by Gasteiger charge is -1.97. The van der Waals surface area contributed by atoms with Crippen molar-refractivity contribution in [2.75, 3.05) is 0 Å². The summed E-state index contributed by atoms with van der Waals surface area (Å²) in [7, 11) is -2.17. The topological polar surface area (TPSA) is 60.7 Å². The Hall–Kier alpha value is -0.875. The Morgan fingerprint density at radius 2 is 1.40 bits per heavy atom. The van der Waals surface area contributed by atoms with Crippen LogP contribution in [0.25, 0.3) is 10.8 Å². The number of rotatable bonds is 0. The molecule has 0 spiro atoms. The van der Waals surface area contributed by atoms with Crippen LogP contribution in [0, 0.1) is 0 Å². The van der Waals surface area contributed by atoms with Crippen molar-refractivity contribution in [3.8, 4) is 0 Å². The Bertz CT molecular complexity index is 426. The van der Waals surface area contributed by atoms with E-state index in [1.54, 1.807) is 0 Å². The Morgan fingerprint density at radius 3 is 2.00 bits per heavy atom. The molecule has 3 nitrogen and oxygen atoms in total. The molecular formula is C10H10BBrO3. The van der Waals surface area contributed by atoms with Gasteiger partial charge in [0.15, 0.2) is 0 Å². The molecule has 0 amide bonds. The van der Waals surface area contributed by atoms with Gasteiger partial charge in [0.1, 0.15) is 0 Å². The van der Waals surface area contributed by atoms with E-state index in [9.17, 15) is 0 Å². The molecule has 0 fully saturated rings. The first-order chi connectivity index (χ1) is 7.11. The van der Waals surface area contributed by atoms with Crippen molar-refractivity contribution >= 4 is 34.0 Å². The summed E-state index contributed by atoms with van der Waals surface area (Å²) in [5, 5.41) is 24.1. The normalized spacial score (nSPS) is 9.33. The number of benzene rings is 2. The van der Waals surface area contributed by atoms with Crippen LogP contribution in [0.3, 0.4) is 0 Å². The van der Waals surface area contributed by atoms with Crippen LogP contribution < -0.4 is 0 Å². The minimum atomic E-state index is -2.17. The highest BCUT2D eigenvalue weighted by molar-refractivity contribution is 9.10. The average molecular weight is 269 g/mol. The van der Waals surface area contributed by atoms with Crippen molar-refractivity contribution in [3.63, 3.8) is 0 Å². The van der Waals surface area contributed by atoms with Crippen molar-refractivity contribution in [2.45, 2.75) is 0 Å². The van der Waals surface area contributed by atoms with Crippen molar-refractivity contribution in [1.29, 1.82) is 0 Å². The molecule has 0 saturated heterocycles. The smallest absolute Gasteiger partial charge is 0.402 e. The molecule has 78 valence electrons. The quantitative estimate of drug-likeness (QED) is 0.636. The molecule has 0 atom stereocenters. The summed E-state index contributed by atoms with van der Waals surface area (Å²) < 4.78 is 1.16. The number of fused-ring (bicyclic) bond motifs is 1. The zero-order valence-electron chi connectivity index (χ0n) is 7.84. The second kappa shape index (κ2) is 5.87. The first-order valence-electron chi connectivity index (χ1n) is 4.28. The van der Waals surface area contributed by atoms with Crippen LogP contribution >= 0.6 is 15.9 Å². The predicted octanol–water partition coefficient (Wildman–Crippen LogP) is 1.55. The molecule has 0 bridgehead atoms. The van der Waals surface area contributed by atoms with E-state index in [2.05, 4.69) is 46.3 Å². The van der Waals surface area contributed by atoms with Crippen molar-refractivity contribution in [1.82, 2.24) is 0 Å². The first-order valence-corrected chi connectivity index (χ1v) is 5.08. The van der Waals surface area contributed by atoms with Gasteiger partial charge in [0, 0.05) is 4.47 Å². The number of hydrogen-bond acceptors (Lipinski definition) is 3. The van der Waals surface area contributed by atoms with Gasteiger partial charge in [-0.25, -0.2) is 0 Å². The molecule has 0 unspecified atom stereocenters. The van der Waals surface area contributed by atoms with Crippen LogP contribution in [0.15, 0.2) is 46.9 Å². The van der Waals surface area contributed by atoms with Crippen molar-refractivity contribution < 1.29 is 15.1 Å². The van der Waals surface area contributed by atoms with E-state index >= 15 is 0 Å². The molecule has 3 N–H and O–H groups in total. The van der Waals surface area contributed by atoms with E-state index in [1.807, 2.05) is 12.1 Å². The second-order valence-corrected chi connectivity index (χ2v) is 3.66. The van der Waals surface area contributed by atoms with E-state index in [1.165, 1.54) is 10.8 Å². The van der Waals surface area contributed by atoms with Crippen LogP contribution in [0.2, 0.25) is 0 Å². The maximum atomic E-state index is 7.17. The largest absolute Gasteiger partial charge is 0.631 e. The van der Waals surface area contributed by atoms with Gasteiger partial charge in [0.05, 0.1) is 0 Å². The molecule has 0 aliphatic heterocycles. The van der Waals surface area contributed by atoms with E-state index in [0.29, 0.717) is 0 Å². The fourth-order valence-corrected chi connectivity index (χ4v) is 1.70. The molecule has 5 heteroatoms. The summed E-state index contributed by atoms with van der Waals surface area (Å²) >= 11 is 3.50. The Morgan fingerprint density at radius 1 is 0.867 bits per heavy atom. The fraction of sp³-hybridized carbons (Fsp3) is 0. The summed E-state index contributed by atoms with van der Waals surface area (Å²) in [6.45, 7) is 0. The molecular weight excluding hydrogens is 259 g/mol. The SMILES string of the molecule is Brc1cccc2ccccc12.OB(O)O. The van der Waals surface area contributed by atoms with Gasteiger partial charge in [0.25, 0.3) is 0 Å². The molecule has 0 radical (unpaired) electrons. The van der Waals surface area contributed by atoms with Gasteiger partial charge in [0.2, 0.25) is 0 Å². The molecule has 15 heavy (non-hydrogen) atoms. The first kappa shape index (κ1) is 12.2. The molecule has 0 saturated carbocycles. The van der Waals surface area contributed by atoms with Crippen LogP contribution in [0.4, 0.5) is 0 Å². The third-order valence-corrected chi connectivity index (χ3v) is 2.43. The highest BCUT2D eigenvalue weighted by atomic mass is 79.9. The third-order valence-electron chi connectivity index (χ3n) is 1.74. The average Bonchev–Trinajstić information content (AvgIpc) is 2.18. The summed E-state index contributed by atoms with van der Waals surface area (Å²) in [4.78, 5) is 0. The van der Waals surface area contributed by atoms with Gasteiger partial charge in [-0.1, -0.05) is 52.3 Å². The van der Waals surface area contributed by atoms with Gasteiger partial charge in [-0.3, -0.25) is 0 Å². The standard InChI is InChI=1S/C10H7Br.BH3O3/c11-10-7-3-5-8-4-1-2-6-9(8)10;2-1(3)4/h1-7H;2-4H. The molecule has 2 aromatic rings. The van der Waals surface area contributed by atoms with Crippen molar-refractivity contribution in [3.05, 3.63) is 46.9 Å². The minimum Gasteiger partial charge on any atom is -0.402 e. The lowest BCUT2D eigenvalue weighted by Crippen LogP contribution is -2.07. The maximum absolute atomic E-state index is 7.17. The van der Waals surface area contributed by atoms with Gasteiger partial charge in [-0.15, -0.1) is 0 Å². The summed E-state index contributed by atoms with van der Waals surface area (Å²) in [5.41, 5.74) is 0. The van der Waals surface area contributed by atoms with E-state index in [-0.39, 0.29) is 0 Å². The molecule has 0 aliphatic carbocycles. The maximum Gasteiger partial charge on any atom is 0.631 e. The predicted molar refractivity (Wildman–Crippen MR) is 64.1 cm³/mol. The van der Waals surface area contributed by atoms with Crippen LogP contribution in [-0.2, 0) is 0 Å². The highest BCUT2D eigenvalue weighted by Crippen LogP contribution is 2.22. The van der Waals surface area contributed by atoms with Crippen LogP contribution in [0.1, 0.15) is 0 Å². The van der Waals surface area contributed by atoms with Crippen LogP contribution in [-0.4, -0.2) is 22.4 Å². The van der Waals surface area contributed by atoms with E-state index in [4.69, 9.17) is 15.1 Å². The zero-order valence-corrected chi connectivity index (χ0v) is 9.42. The minimum absolute atomic E-state index is 1.16. The van der Waals surface area contributed by atoms with Gasteiger partial charge < -0.3 is 15.1 Å². The van der Waals surface area contributed by atoms with E-state index in [0.717, 1.165) is 4.47 Å². The summed E-state index contributed by atoms with van der Waals surface area (Å²) in [6, 6.07) is 14.5. The summed E-state index contributed by atoms with van der Waals surface area (Å²) in [5.74, 6) is 0. The molecule has 0 heterocycles. The zero-order chi connectivity index (χ0) is 11.3. The molecule has 0 aromatic heterocycles.